The van der Waals surface area contributed by atoms with Gasteiger partial charge in [-0.3, -0.25) is 0 Å². The SMILES string of the molecule is Cc1ccc(S(=O)(=O)C(=C=C(SC(C)C)SC(C)C)SC(C)C)cc1. The molecule has 0 bridgehead atoms. The highest BCUT2D eigenvalue weighted by atomic mass is 32.3. The number of sulfone groups is 1. The zero-order valence-corrected chi connectivity index (χ0v) is 19.3. The van der Waals surface area contributed by atoms with Crippen LogP contribution in [0.1, 0.15) is 47.1 Å². The van der Waals surface area contributed by atoms with Gasteiger partial charge in [0.1, 0.15) is 4.24 Å². The van der Waals surface area contributed by atoms with Crippen LogP contribution in [0.25, 0.3) is 0 Å². The molecule has 0 aromatic heterocycles. The molecule has 25 heavy (non-hydrogen) atoms. The standard InChI is InChI=1S/C19H28O2S4/c1-13(2)22-18(23-14(3)4)12-19(24-15(5)6)25(20,21)17-10-8-16(7)9-11-17/h8-11,13-15H,1-7H3. The molecule has 0 N–H and O–H groups in total. The average molecular weight is 417 g/mol. The summed E-state index contributed by atoms with van der Waals surface area (Å²) in [5.74, 6) is 0. The normalized spacial score (nSPS) is 11.9. The van der Waals surface area contributed by atoms with Crippen molar-refractivity contribution in [2.75, 3.05) is 0 Å². The molecule has 0 heterocycles. The van der Waals surface area contributed by atoms with Crippen LogP contribution in [0.15, 0.2) is 43.4 Å². The fraction of sp³-hybridized carbons (Fsp3) is 0.526. The topological polar surface area (TPSA) is 34.1 Å². The summed E-state index contributed by atoms with van der Waals surface area (Å²) in [6.45, 7) is 14.4. The van der Waals surface area contributed by atoms with Crippen LogP contribution in [-0.2, 0) is 9.84 Å². The third-order valence-electron chi connectivity index (χ3n) is 2.81. The summed E-state index contributed by atoms with van der Waals surface area (Å²) in [6.07, 6.45) is 0. The fourth-order valence-corrected chi connectivity index (χ4v) is 7.52. The monoisotopic (exact) mass is 416 g/mol. The van der Waals surface area contributed by atoms with E-state index >= 15 is 0 Å². The lowest BCUT2D eigenvalue weighted by atomic mass is 10.2. The van der Waals surface area contributed by atoms with Gasteiger partial charge < -0.3 is 0 Å². The summed E-state index contributed by atoms with van der Waals surface area (Å²) in [6, 6.07) is 7.03. The van der Waals surface area contributed by atoms with E-state index in [0.29, 0.717) is 19.6 Å². The van der Waals surface area contributed by atoms with Gasteiger partial charge in [0.2, 0.25) is 9.84 Å². The lowest BCUT2D eigenvalue weighted by Gasteiger charge is -2.12. The van der Waals surface area contributed by atoms with Gasteiger partial charge in [0.15, 0.2) is 0 Å². The predicted molar refractivity (Wildman–Crippen MR) is 117 cm³/mol. The molecule has 140 valence electrons. The lowest BCUT2D eigenvalue weighted by molar-refractivity contribution is 0.604. The molecule has 0 amide bonds. The maximum atomic E-state index is 13.1. The van der Waals surface area contributed by atoms with Gasteiger partial charge in [-0.15, -0.1) is 35.3 Å². The van der Waals surface area contributed by atoms with Gasteiger partial charge in [0, 0.05) is 15.7 Å². The number of hydrogen-bond donors (Lipinski definition) is 0. The van der Waals surface area contributed by atoms with E-state index < -0.39 is 9.84 Å². The second-order valence-corrected chi connectivity index (χ2v) is 13.7. The van der Waals surface area contributed by atoms with Crippen LogP contribution in [-0.4, -0.2) is 24.2 Å². The van der Waals surface area contributed by atoms with Gasteiger partial charge in [0.25, 0.3) is 0 Å². The summed E-state index contributed by atoms with van der Waals surface area (Å²) >= 11 is 4.69. The van der Waals surface area contributed by atoms with E-state index in [2.05, 4.69) is 33.4 Å². The van der Waals surface area contributed by atoms with Gasteiger partial charge in [-0.05, 0) is 19.1 Å². The van der Waals surface area contributed by atoms with Gasteiger partial charge in [-0.2, -0.15) is 0 Å². The van der Waals surface area contributed by atoms with Crippen molar-refractivity contribution in [1.29, 1.82) is 0 Å². The van der Waals surface area contributed by atoms with Crippen LogP contribution in [0.2, 0.25) is 0 Å². The number of hydrogen-bond acceptors (Lipinski definition) is 5. The molecule has 2 nitrogen and oxygen atoms in total. The Bertz CT molecular complexity index is 711. The quantitative estimate of drug-likeness (QED) is 0.453. The molecule has 0 aliphatic heterocycles. The van der Waals surface area contributed by atoms with E-state index in [1.54, 1.807) is 35.7 Å². The maximum absolute atomic E-state index is 13.1. The first kappa shape index (κ1) is 22.8. The minimum atomic E-state index is -3.56. The van der Waals surface area contributed by atoms with E-state index in [9.17, 15) is 8.42 Å². The first-order valence-corrected chi connectivity index (χ1v) is 12.5. The van der Waals surface area contributed by atoms with Crippen molar-refractivity contribution < 1.29 is 8.42 Å². The Morgan fingerprint density at radius 2 is 1.28 bits per heavy atom. The molecule has 1 aromatic rings. The lowest BCUT2D eigenvalue weighted by Crippen LogP contribution is -2.04. The van der Waals surface area contributed by atoms with Crippen molar-refractivity contribution in [2.24, 2.45) is 0 Å². The molecule has 0 fully saturated rings. The minimum Gasteiger partial charge on any atom is -0.217 e. The number of rotatable bonds is 8. The molecule has 0 aliphatic carbocycles. The molecule has 0 aliphatic rings. The van der Waals surface area contributed by atoms with E-state index in [1.165, 1.54) is 11.8 Å². The van der Waals surface area contributed by atoms with Gasteiger partial charge >= 0.3 is 0 Å². The first-order chi connectivity index (χ1) is 11.5. The minimum absolute atomic E-state index is 0.164. The van der Waals surface area contributed by atoms with Crippen LogP contribution in [0, 0.1) is 6.92 Å². The van der Waals surface area contributed by atoms with Crippen molar-refractivity contribution in [1.82, 2.24) is 0 Å². The largest absolute Gasteiger partial charge is 0.220 e. The first-order valence-electron chi connectivity index (χ1n) is 8.35. The molecule has 0 spiro atoms. The van der Waals surface area contributed by atoms with Crippen molar-refractivity contribution >= 4 is 45.1 Å². The molecular formula is C19H28O2S4. The van der Waals surface area contributed by atoms with Gasteiger partial charge in [-0.25, -0.2) is 8.42 Å². The maximum Gasteiger partial charge on any atom is 0.220 e. The van der Waals surface area contributed by atoms with Crippen LogP contribution >= 0.6 is 35.3 Å². The molecule has 1 rings (SSSR count). The van der Waals surface area contributed by atoms with Gasteiger partial charge in [0.05, 0.1) is 9.13 Å². The Hall–Kier alpha value is -0.260. The van der Waals surface area contributed by atoms with E-state index in [4.69, 9.17) is 0 Å². The molecule has 0 radical (unpaired) electrons. The third-order valence-corrected chi connectivity index (χ3v) is 8.18. The van der Waals surface area contributed by atoms with Crippen LogP contribution in [0.4, 0.5) is 0 Å². The third kappa shape index (κ3) is 7.88. The molecule has 0 atom stereocenters. The average Bonchev–Trinajstić information content (AvgIpc) is 2.45. The summed E-state index contributed by atoms with van der Waals surface area (Å²) in [7, 11) is -3.56. The summed E-state index contributed by atoms with van der Waals surface area (Å²) in [4.78, 5) is 0.331. The molecule has 0 saturated heterocycles. The Balaban J connectivity index is 3.52. The van der Waals surface area contributed by atoms with E-state index in [0.717, 1.165) is 9.80 Å². The van der Waals surface area contributed by atoms with Crippen molar-refractivity contribution in [3.05, 3.63) is 44.0 Å². The summed E-state index contributed by atoms with van der Waals surface area (Å²) in [5.41, 5.74) is 4.28. The van der Waals surface area contributed by atoms with Crippen molar-refractivity contribution in [3.63, 3.8) is 0 Å². The highest BCUT2D eigenvalue weighted by molar-refractivity contribution is 8.23. The second kappa shape index (κ2) is 10.2. The Morgan fingerprint density at radius 1 is 0.840 bits per heavy atom. The number of aryl methyl sites for hydroxylation is 1. The Morgan fingerprint density at radius 3 is 1.68 bits per heavy atom. The molecule has 0 unspecified atom stereocenters. The summed E-state index contributed by atoms with van der Waals surface area (Å²) in [5, 5.41) is 0.916. The zero-order valence-electron chi connectivity index (χ0n) is 16.0. The second-order valence-electron chi connectivity index (χ2n) is 6.52. The van der Waals surface area contributed by atoms with Crippen LogP contribution in [0.3, 0.4) is 0 Å². The smallest absolute Gasteiger partial charge is 0.217 e. The van der Waals surface area contributed by atoms with Gasteiger partial charge in [-0.1, -0.05) is 65.0 Å². The highest BCUT2D eigenvalue weighted by Gasteiger charge is 2.23. The molecule has 6 heteroatoms. The predicted octanol–water partition coefficient (Wildman–Crippen LogP) is 6.48. The van der Waals surface area contributed by atoms with E-state index in [-0.39, 0.29) is 5.25 Å². The van der Waals surface area contributed by atoms with Crippen LogP contribution in [0.5, 0.6) is 0 Å². The van der Waals surface area contributed by atoms with Crippen LogP contribution < -0.4 is 0 Å². The molecule has 0 saturated carbocycles. The molecular weight excluding hydrogens is 388 g/mol. The van der Waals surface area contributed by atoms with E-state index in [1.807, 2.05) is 32.9 Å². The number of thioether (sulfide) groups is 3. The van der Waals surface area contributed by atoms with Crippen molar-refractivity contribution in [3.8, 4) is 0 Å². The van der Waals surface area contributed by atoms with Crippen molar-refractivity contribution in [2.45, 2.75) is 69.1 Å². The molecule has 1 aromatic carbocycles. The summed E-state index contributed by atoms with van der Waals surface area (Å²) < 4.78 is 27.5. The fourth-order valence-electron chi connectivity index (χ4n) is 1.80. The zero-order chi connectivity index (χ0) is 19.2. The highest BCUT2D eigenvalue weighted by Crippen LogP contribution is 2.37. The Labute approximate surface area is 166 Å². The Kier molecular flexibility index (Phi) is 9.27. The number of benzene rings is 1.